The molecule has 0 bridgehead atoms. The minimum absolute atomic E-state index is 0.300. The summed E-state index contributed by atoms with van der Waals surface area (Å²) in [6.45, 7) is 4.12. The Bertz CT molecular complexity index is 844. The Morgan fingerprint density at radius 1 is 0.913 bits per heavy atom. The molecule has 0 spiro atoms. The number of nitrogen functional groups attached to an aromatic ring is 1. The van der Waals surface area contributed by atoms with Gasteiger partial charge in [0.15, 0.2) is 5.82 Å². The molecule has 0 atom stereocenters. The highest BCUT2D eigenvalue weighted by molar-refractivity contribution is 5.64. The molecule has 5 heteroatoms. The smallest absolute Gasteiger partial charge is 0.163 e. The van der Waals surface area contributed by atoms with Crippen molar-refractivity contribution in [2.45, 2.75) is 13.8 Å². The largest absolute Gasteiger partial charge is 0.384 e. The van der Waals surface area contributed by atoms with Gasteiger partial charge in [-0.05, 0) is 61.4 Å². The van der Waals surface area contributed by atoms with Gasteiger partial charge in [0.1, 0.15) is 17.5 Å². The van der Waals surface area contributed by atoms with Crippen molar-refractivity contribution in [3.8, 4) is 11.4 Å². The van der Waals surface area contributed by atoms with Crippen LogP contribution in [-0.2, 0) is 0 Å². The maximum absolute atomic E-state index is 13.0. The van der Waals surface area contributed by atoms with E-state index < -0.39 is 0 Å². The van der Waals surface area contributed by atoms with Crippen LogP contribution in [0.15, 0.2) is 48.5 Å². The van der Waals surface area contributed by atoms with Crippen molar-refractivity contribution >= 4 is 17.3 Å². The third-order valence-electron chi connectivity index (χ3n) is 3.63. The summed E-state index contributed by atoms with van der Waals surface area (Å²) in [6.07, 6.45) is 0. The number of hydrogen-bond donors (Lipinski definition) is 2. The highest BCUT2D eigenvalue weighted by Gasteiger charge is 2.07. The molecule has 0 aliphatic carbocycles. The molecule has 1 heterocycles. The summed E-state index contributed by atoms with van der Waals surface area (Å²) in [5, 5.41) is 3.23. The number of nitrogens with zero attached hydrogens (tertiary/aromatic N) is 2. The van der Waals surface area contributed by atoms with Crippen molar-refractivity contribution in [3.05, 3.63) is 65.5 Å². The minimum atomic E-state index is -0.300. The molecule has 0 unspecified atom stereocenters. The van der Waals surface area contributed by atoms with E-state index in [1.807, 2.05) is 18.2 Å². The zero-order valence-electron chi connectivity index (χ0n) is 13.0. The Morgan fingerprint density at radius 2 is 1.65 bits per heavy atom. The van der Waals surface area contributed by atoms with Crippen LogP contribution in [0.25, 0.3) is 11.4 Å². The molecule has 0 amide bonds. The van der Waals surface area contributed by atoms with E-state index in [1.165, 1.54) is 23.3 Å². The van der Waals surface area contributed by atoms with Crippen LogP contribution in [0.2, 0.25) is 0 Å². The van der Waals surface area contributed by atoms with E-state index in [0.717, 1.165) is 5.69 Å². The zero-order valence-corrected chi connectivity index (χ0v) is 13.0. The first-order chi connectivity index (χ1) is 11.0. The number of nitrogens with one attached hydrogen (secondary N) is 1. The van der Waals surface area contributed by atoms with Crippen LogP contribution in [0.3, 0.4) is 0 Å². The summed E-state index contributed by atoms with van der Waals surface area (Å²) in [7, 11) is 0. The molecular formula is C18H17FN4. The van der Waals surface area contributed by atoms with Crippen LogP contribution in [0.5, 0.6) is 0 Å². The first-order valence-electron chi connectivity index (χ1n) is 7.26. The van der Waals surface area contributed by atoms with Crippen LogP contribution in [-0.4, -0.2) is 9.97 Å². The van der Waals surface area contributed by atoms with Crippen molar-refractivity contribution in [2.24, 2.45) is 0 Å². The van der Waals surface area contributed by atoms with Gasteiger partial charge in [-0.2, -0.15) is 0 Å². The predicted octanol–water partition coefficient (Wildman–Crippen LogP) is 4.23. The van der Waals surface area contributed by atoms with Gasteiger partial charge in [-0.25, -0.2) is 14.4 Å². The zero-order chi connectivity index (χ0) is 16.4. The van der Waals surface area contributed by atoms with E-state index in [2.05, 4.69) is 29.1 Å². The molecule has 3 rings (SSSR count). The van der Waals surface area contributed by atoms with E-state index in [4.69, 9.17) is 5.73 Å². The number of hydrogen-bond acceptors (Lipinski definition) is 4. The molecule has 0 radical (unpaired) electrons. The summed E-state index contributed by atoms with van der Waals surface area (Å²) in [4.78, 5) is 8.67. The summed E-state index contributed by atoms with van der Waals surface area (Å²) < 4.78 is 13.0. The molecule has 1 aromatic heterocycles. The highest BCUT2D eigenvalue weighted by Crippen LogP contribution is 2.23. The molecule has 0 fully saturated rings. The molecule has 0 aliphatic heterocycles. The quantitative estimate of drug-likeness (QED) is 0.760. The number of halogens is 1. The van der Waals surface area contributed by atoms with E-state index in [9.17, 15) is 4.39 Å². The fraction of sp³-hybridized carbons (Fsp3) is 0.111. The number of anilines is 3. The number of benzene rings is 2. The van der Waals surface area contributed by atoms with Crippen LogP contribution in [0, 0.1) is 19.7 Å². The Morgan fingerprint density at radius 3 is 2.35 bits per heavy atom. The van der Waals surface area contributed by atoms with Crippen molar-refractivity contribution in [3.63, 3.8) is 0 Å². The van der Waals surface area contributed by atoms with Gasteiger partial charge in [0, 0.05) is 17.3 Å². The van der Waals surface area contributed by atoms with Crippen LogP contribution in [0.4, 0.5) is 21.7 Å². The molecule has 3 aromatic rings. The third kappa shape index (κ3) is 3.45. The number of rotatable bonds is 3. The molecule has 116 valence electrons. The Balaban J connectivity index is 1.93. The lowest BCUT2D eigenvalue weighted by Gasteiger charge is -2.10. The van der Waals surface area contributed by atoms with Gasteiger partial charge in [-0.1, -0.05) is 6.07 Å². The summed E-state index contributed by atoms with van der Waals surface area (Å²) in [5.41, 5.74) is 9.92. The topological polar surface area (TPSA) is 63.8 Å². The fourth-order valence-corrected chi connectivity index (χ4v) is 2.23. The van der Waals surface area contributed by atoms with Crippen molar-refractivity contribution < 1.29 is 4.39 Å². The molecule has 3 N–H and O–H groups in total. The second-order valence-electron chi connectivity index (χ2n) is 5.43. The normalized spacial score (nSPS) is 10.6. The van der Waals surface area contributed by atoms with E-state index in [0.29, 0.717) is 23.0 Å². The van der Waals surface area contributed by atoms with Gasteiger partial charge in [-0.15, -0.1) is 0 Å². The molecule has 0 saturated carbocycles. The Kier molecular flexibility index (Phi) is 3.93. The molecule has 23 heavy (non-hydrogen) atoms. The Hall–Kier alpha value is -2.95. The van der Waals surface area contributed by atoms with E-state index in [-0.39, 0.29) is 5.82 Å². The second kappa shape index (κ2) is 6.04. The van der Waals surface area contributed by atoms with Crippen LogP contribution in [0.1, 0.15) is 11.1 Å². The Labute approximate surface area is 134 Å². The van der Waals surface area contributed by atoms with Gasteiger partial charge in [0.05, 0.1) is 0 Å². The van der Waals surface area contributed by atoms with Crippen LogP contribution >= 0.6 is 0 Å². The van der Waals surface area contributed by atoms with Crippen molar-refractivity contribution in [2.75, 3.05) is 11.1 Å². The van der Waals surface area contributed by atoms with Gasteiger partial charge in [0.2, 0.25) is 0 Å². The third-order valence-corrected chi connectivity index (χ3v) is 3.63. The van der Waals surface area contributed by atoms with Crippen molar-refractivity contribution in [1.82, 2.24) is 9.97 Å². The maximum atomic E-state index is 13.0. The molecule has 4 nitrogen and oxygen atoms in total. The molecular weight excluding hydrogens is 291 g/mol. The standard InChI is InChI=1S/C18H17FN4/c1-11-3-8-15(9-12(11)2)21-17-10-16(20)22-18(23-17)13-4-6-14(19)7-5-13/h3-10H,1-2H3,(H3,20,21,22,23). The molecule has 2 aromatic carbocycles. The van der Waals surface area contributed by atoms with E-state index >= 15 is 0 Å². The second-order valence-corrected chi connectivity index (χ2v) is 5.43. The summed E-state index contributed by atoms with van der Waals surface area (Å²) in [6, 6.07) is 13.7. The average molecular weight is 308 g/mol. The predicted molar refractivity (Wildman–Crippen MR) is 91.0 cm³/mol. The molecule has 0 aliphatic rings. The van der Waals surface area contributed by atoms with Gasteiger partial charge < -0.3 is 11.1 Å². The van der Waals surface area contributed by atoms with Gasteiger partial charge in [0.25, 0.3) is 0 Å². The van der Waals surface area contributed by atoms with Crippen molar-refractivity contribution in [1.29, 1.82) is 0 Å². The monoisotopic (exact) mass is 308 g/mol. The lowest BCUT2D eigenvalue weighted by molar-refractivity contribution is 0.628. The SMILES string of the molecule is Cc1ccc(Nc2cc(N)nc(-c3ccc(F)cc3)n2)cc1C. The minimum Gasteiger partial charge on any atom is -0.384 e. The lowest BCUT2D eigenvalue weighted by Crippen LogP contribution is -2.01. The van der Waals surface area contributed by atoms with E-state index in [1.54, 1.807) is 18.2 Å². The lowest BCUT2D eigenvalue weighted by atomic mass is 10.1. The number of nitrogens with two attached hydrogens (primary N) is 1. The first-order valence-corrected chi connectivity index (χ1v) is 7.26. The average Bonchev–Trinajstić information content (AvgIpc) is 2.51. The van der Waals surface area contributed by atoms with Gasteiger partial charge >= 0.3 is 0 Å². The number of aryl methyl sites for hydroxylation is 2. The first kappa shape index (κ1) is 15.0. The fourth-order valence-electron chi connectivity index (χ4n) is 2.23. The van der Waals surface area contributed by atoms with Gasteiger partial charge in [-0.3, -0.25) is 0 Å². The molecule has 0 saturated heterocycles. The summed E-state index contributed by atoms with van der Waals surface area (Å²) in [5.74, 6) is 1.10. The summed E-state index contributed by atoms with van der Waals surface area (Å²) >= 11 is 0. The maximum Gasteiger partial charge on any atom is 0.163 e. The highest BCUT2D eigenvalue weighted by atomic mass is 19.1. The number of aromatic nitrogens is 2. The van der Waals surface area contributed by atoms with Crippen LogP contribution < -0.4 is 11.1 Å².